The molecule has 0 saturated carbocycles. The SMILES string of the molecule is CC(=O)OC(/C=C/[N+](=O)[O-])CCCOC(=O)C(C)(C)C. The predicted molar refractivity (Wildman–Crippen MR) is 71.3 cm³/mol. The highest BCUT2D eigenvalue weighted by Crippen LogP contribution is 2.15. The van der Waals surface area contributed by atoms with Crippen molar-refractivity contribution >= 4 is 11.9 Å². The van der Waals surface area contributed by atoms with Gasteiger partial charge >= 0.3 is 11.9 Å². The first-order chi connectivity index (χ1) is 9.12. The fraction of sp³-hybridized carbons (Fsp3) is 0.692. The summed E-state index contributed by atoms with van der Waals surface area (Å²) in [4.78, 5) is 32.0. The van der Waals surface area contributed by atoms with Crippen molar-refractivity contribution in [1.29, 1.82) is 0 Å². The highest BCUT2D eigenvalue weighted by Gasteiger charge is 2.22. The number of hydrogen-bond donors (Lipinski definition) is 0. The average Bonchev–Trinajstić information content (AvgIpc) is 2.28. The van der Waals surface area contributed by atoms with E-state index in [1.165, 1.54) is 13.0 Å². The topological polar surface area (TPSA) is 95.7 Å². The molecule has 7 nitrogen and oxygen atoms in total. The van der Waals surface area contributed by atoms with Gasteiger partial charge in [0.2, 0.25) is 6.20 Å². The lowest BCUT2D eigenvalue weighted by Crippen LogP contribution is -2.23. The standard InChI is InChI=1S/C13H21NO6/c1-10(15)20-11(7-8-14(17)18)6-5-9-19-12(16)13(2,3)4/h7-8,11H,5-6,9H2,1-4H3/b8-7+. The molecule has 0 aromatic heterocycles. The number of rotatable bonds is 7. The van der Waals surface area contributed by atoms with E-state index in [-0.39, 0.29) is 12.6 Å². The molecule has 20 heavy (non-hydrogen) atoms. The number of hydrogen-bond acceptors (Lipinski definition) is 6. The molecular formula is C13H21NO6. The van der Waals surface area contributed by atoms with Crippen LogP contribution in [0, 0.1) is 15.5 Å². The van der Waals surface area contributed by atoms with Gasteiger partial charge in [-0.1, -0.05) is 0 Å². The lowest BCUT2D eigenvalue weighted by atomic mass is 9.97. The molecule has 0 radical (unpaired) electrons. The van der Waals surface area contributed by atoms with Crippen LogP contribution in [0.4, 0.5) is 0 Å². The smallest absolute Gasteiger partial charge is 0.311 e. The Bertz CT molecular complexity index is 383. The zero-order valence-electron chi connectivity index (χ0n) is 12.3. The van der Waals surface area contributed by atoms with E-state index in [9.17, 15) is 19.7 Å². The molecule has 0 bridgehead atoms. The molecule has 0 fully saturated rings. The zero-order chi connectivity index (χ0) is 15.8. The van der Waals surface area contributed by atoms with Gasteiger partial charge in [-0.25, -0.2) is 0 Å². The minimum Gasteiger partial charge on any atom is -0.465 e. The van der Waals surface area contributed by atoms with E-state index in [1.807, 2.05) is 0 Å². The fourth-order valence-electron chi connectivity index (χ4n) is 1.24. The summed E-state index contributed by atoms with van der Waals surface area (Å²) in [7, 11) is 0. The Balaban J connectivity index is 4.17. The third-order valence-corrected chi connectivity index (χ3v) is 2.22. The average molecular weight is 287 g/mol. The van der Waals surface area contributed by atoms with Crippen molar-refractivity contribution in [2.24, 2.45) is 5.41 Å². The first-order valence-corrected chi connectivity index (χ1v) is 6.29. The van der Waals surface area contributed by atoms with Crippen LogP contribution in [0.2, 0.25) is 0 Å². The van der Waals surface area contributed by atoms with E-state index in [0.717, 1.165) is 6.20 Å². The minimum atomic E-state index is -0.689. The molecule has 0 heterocycles. The fourth-order valence-corrected chi connectivity index (χ4v) is 1.24. The van der Waals surface area contributed by atoms with Gasteiger partial charge in [-0.05, 0) is 33.6 Å². The van der Waals surface area contributed by atoms with Gasteiger partial charge in [0.1, 0.15) is 6.10 Å². The summed E-state index contributed by atoms with van der Waals surface area (Å²) in [5, 5.41) is 10.2. The maximum absolute atomic E-state index is 11.5. The van der Waals surface area contributed by atoms with Crippen molar-refractivity contribution in [2.75, 3.05) is 6.61 Å². The van der Waals surface area contributed by atoms with E-state index in [4.69, 9.17) is 9.47 Å². The van der Waals surface area contributed by atoms with Crippen molar-refractivity contribution < 1.29 is 24.0 Å². The Kier molecular flexibility index (Phi) is 7.49. The van der Waals surface area contributed by atoms with E-state index in [0.29, 0.717) is 12.8 Å². The highest BCUT2D eigenvalue weighted by atomic mass is 16.6. The predicted octanol–water partition coefficient (Wildman–Crippen LogP) is 2.08. The molecular weight excluding hydrogens is 266 g/mol. The number of esters is 2. The van der Waals surface area contributed by atoms with Gasteiger partial charge in [-0.15, -0.1) is 0 Å². The molecule has 0 aliphatic carbocycles. The first kappa shape index (κ1) is 18.1. The number of nitrogens with zero attached hydrogens (tertiary/aromatic N) is 1. The van der Waals surface area contributed by atoms with Crippen LogP contribution in [0.1, 0.15) is 40.5 Å². The van der Waals surface area contributed by atoms with Gasteiger partial charge < -0.3 is 9.47 Å². The maximum Gasteiger partial charge on any atom is 0.311 e. The summed E-state index contributed by atoms with van der Waals surface area (Å²) in [5.74, 6) is -0.836. The quantitative estimate of drug-likeness (QED) is 0.308. The van der Waals surface area contributed by atoms with Gasteiger partial charge in [0.05, 0.1) is 16.9 Å². The van der Waals surface area contributed by atoms with Crippen molar-refractivity contribution in [3.63, 3.8) is 0 Å². The van der Waals surface area contributed by atoms with Crippen LogP contribution < -0.4 is 0 Å². The summed E-state index contributed by atoms with van der Waals surface area (Å²) in [5.41, 5.74) is -0.569. The second kappa shape index (κ2) is 8.29. The Morgan fingerprint density at radius 2 is 1.95 bits per heavy atom. The summed E-state index contributed by atoms with van der Waals surface area (Å²) >= 11 is 0. The van der Waals surface area contributed by atoms with Crippen LogP contribution in [0.15, 0.2) is 12.3 Å². The van der Waals surface area contributed by atoms with Crippen molar-refractivity contribution in [1.82, 2.24) is 0 Å². The molecule has 0 aromatic rings. The number of carbonyl (C=O) groups excluding carboxylic acids is 2. The lowest BCUT2D eigenvalue weighted by molar-refractivity contribution is -0.403. The molecule has 1 unspecified atom stereocenters. The Morgan fingerprint density at radius 3 is 2.40 bits per heavy atom. The second-order valence-electron chi connectivity index (χ2n) is 5.30. The Morgan fingerprint density at radius 1 is 1.35 bits per heavy atom. The summed E-state index contributed by atoms with van der Waals surface area (Å²) in [6, 6.07) is 0. The third-order valence-electron chi connectivity index (χ3n) is 2.22. The molecule has 0 aromatic carbocycles. The van der Waals surface area contributed by atoms with Gasteiger partial charge in [-0.2, -0.15) is 0 Å². The molecule has 0 rings (SSSR count). The number of carbonyl (C=O) groups is 2. The number of nitro groups is 1. The van der Waals surface area contributed by atoms with Crippen LogP contribution in [0.5, 0.6) is 0 Å². The van der Waals surface area contributed by atoms with Crippen LogP contribution in [-0.4, -0.2) is 29.6 Å². The monoisotopic (exact) mass is 287 g/mol. The Hall–Kier alpha value is -1.92. The van der Waals surface area contributed by atoms with Crippen molar-refractivity contribution in [3.05, 3.63) is 22.4 Å². The molecule has 1 atom stereocenters. The van der Waals surface area contributed by atoms with Gasteiger partial charge in [-0.3, -0.25) is 19.7 Å². The summed E-state index contributed by atoms with van der Waals surface area (Å²) < 4.78 is 9.95. The molecule has 7 heteroatoms. The molecule has 114 valence electrons. The summed E-state index contributed by atoms with van der Waals surface area (Å²) in [6.07, 6.45) is 2.04. The van der Waals surface area contributed by atoms with Gasteiger partial charge in [0.25, 0.3) is 0 Å². The molecule has 0 spiro atoms. The molecule has 0 aliphatic rings. The molecule has 0 N–H and O–H groups in total. The third kappa shape index (κ3) is 9.07. The number of ether oxygens (including phenoxy) is 2. The van der Waals surface area contributed by atoms with Gasteiger partial charge in [0.15, 0.2) is 0 Å². The van der Waals surface area contributed by atoms with Crippen LogP contribution in [-0.2, 0) is 19.1 Å². The second-order valence-corrected chi connectivity index (χ2v) is 5.30. The minimum absolute atomic E-state index is 0.181. The Labute approximate surface area is 118 Å². The van der Waals surface area contributed by atoms with E-state index in [1.54, 1.807) is 20.8 Å². The largest absolute Gasteiger partial charge is 0.465 e. The van der Waals surface area contributed by atoms with Gasteiger partial charge in [0, 0.05) is 13.0 Å². The summed E-state index contributed by atoms with van der Waals surface area (Å²) in [6.45, 7) is 6.65. The lowest BCUT2D eigenvalue weighted by Gasteiger charge is -2.17. The molecule has 0 saturated heterocycles. The van der Waals surface area contributed by atoms with E-state index < -0.39 is 22.4 Å². The molecule has 0 aliphatic heterocycles. The van der Waals surface area contributed by atoms with Crippen LogP contribution in [0.3, 0.4) is 0 Å². The molecule has 0 amide bonds. The van der Waals surface area contributed by atoms with Crippen molar-refractivity contribution in [2.45, 2.75) is 46.6 Å². The van der Waals surface area contributed by atoms with Crippen LogP contribution >= 0.6 is 0 Å². The first-order valence-electron chi connectivity index (χ1n) is 6.29. The van der Waals surface area contributed by atoms with E-state index in [2.05, 4.69) is 0 Å². The van der Waals surface area contributed by atoms with Crippen LogP contribution in [0.25, 0.3) is 0 Å². The maximum atomic E-state index is 11.5. The highest BCUT2D eigenvalue weighted by molar-refractivity contribution is 5.75. The normalized spacial score (nSPS) is 13.0. The van der Waals surface area contributed by atoms with E-state index >= 15 is 0 Å². The van der Waals surface area contributed by atoms with Crippen molar-refractivity contribution in [3.8, 4) is 0 Å². The zero-order valence-corrected chi connectivity index (χ0v) is 12.3.